The summed E-state index contributed by atoms with van der Waals surface area (Å²) in [5, 5.41) is 7.62. The standard InChI is InChI=1S/2C10H10N2O/c1-7(13)12-10-4-2-3-9-8(10)5-6-11-9;1-7(13)11-10-6-8-4-2-3-5-9(8)12-10/h2-6,11H,1H3,(H,12,13);2-6,12H,1H3,(H,11,13). The van der Waals surface area contributed by atoms with Gasteiger partial charge >= 0.3 is 0 Å². The Hall–Kier alpha value is -3.54. The van der Waals surface area contributed by atoms with Crippen molar-refractivity contribution in [1.29, 1.82) is 0 Å². The van der Waals surface area contributed by atoms with Crippen LogP contribution in [0, 0.1) is 0 Å². The van der Waals surface area contributed by atoms with Crippen LogP contribution in [0.2, 0.25) is 0 Å². The number of carbonyl (C=O) groups excluding carboxylic acids is 2. The fraction of sp³-hybridized carbons (Fsp3) is 0.100. The molecule has 0 saturated heterocycles. The molecule has 26 heavy (non-hydrogen) atoms. The third-order valence-corrected chi connectivity index (χ3v) is 3.75. The number of rotatable bonds is 2. The van der Waals surface area contributed by atoms with Crippen molar-refractivity contribution in [2.45, 2.75) is 13.8 Å². The number of nitrogens with one attached hydrogen (secondary N) is 4. The fourth-order valence-electron chi connectivity index (χ4n) is 2.71. The fourth-order valence-corrected chi connectivity index (χ4v) is 2.71. The van der Waals surface area contributed by atoms with Crippen LogP contribution in [0.5, 0.6) is 0 Å². The smallest absolute Gasteiger partial charge is 0.222 e. The maximum Gasteiger partial charge on any atom is 0.222 e. The van der Waals surface area contributed by atoms with Crippen molar-refractivity contribution < 1.29 is 9.59 Å². The van der Waals surface area contributed by atoms with Crippen molar-refractivity contribution in [1.82, 2.24) is 9.97 Å². The first-order valence-corrected chi connectivity index (χ1v) is 8.22. The van der Waals surface area contributed by atoms with Gasteiger partial charge in [-0.3, -0.25) is 9.59 Å². The average molecular weight is 348 g/mol. The molecule has 2 aromatic heterocycles. The molecule has 2 amide bonds. The van der Waals surface area contributed by atoms with E-state index in [1.54, 1.807) is 0 Å². The first-order chi connectivity index (χ1) is 12.5. The highest BCUT2D eigenvalue weighted by molar-refractivity contribution is 6.00. The summed E-state index contributed by atoms with van der Waals surface area (Å²) in [6, 6.07) is 17.5. The Morgan fingerprint density at radius 3 is 2.31 bits per heavy atom. The van der Waals surface area contributed by atoms with Crippen LogP contribution < -0.4 is 10.6 Å². The molecule has 132 valence electrons. The monoisotopic (exact) mass is 348 g/mol. The molecule has 0 spiro atoms. The van der Waals surface area contributed by atoms with E-state index in [0.717, 1.165) is 33.3 Å². The number of carbonyl (C=O) groups is 2. The Morgan fingerprint density at radius 2 is 1.58 bits per heavy atom. The van der Waals surface area contributed by atoms with E-state index in [0.29, 0.717) is 0 Å². The van der Waals surface area contributed by atoms with Crippen LogP contribution in [0.1, 0.15) is 13.8 Å². The molecule has 4 aromatic rings. The molecule has 0 unspecified atom stereocenters. The van der Waals surface area contributed by atoms with E-state index in [-0.39, 0.29) is 11.8 Å². The quantitative estimate of drug-likeness (QED) is 0.436. The number of benzene rings is 2. The lowest BCUT2D eigenvalue weighted by atomic mass is 10.2. The number of amides is 2. The molecule has 0 atom stereocenters. The van der Waals surface area contributed by atoms with Crippen LogP contribution in [0.15, 0.2) is 60.8 Å². The Kier molecular flexibility index (Phi) is 5.03. The van der Waals surface area contributed by atoms with E-state index < -0.39 is 0 Å². The second-order valence-corrected chi connectivity index (χ2v) is 5.88. The molecule has 2 heterocycles. The highest BCUT2D eigenvalue weighted by Gasteiger charge is 2.01. The average Bonchev–Trinajstić information content (AvgIpc) is 3.20. The number of hydrogen-bond acceptors (Lipinski definition) is 2. The largest absolute Gasteiger partial charge is 0.361 e. The van der Waals surface area contributed by atoms with Crippen molar-refractivity contribution in [2.75, 3.05) is 10.6 Å². The number of fused-ring (bicyclic) bond motifs is 2. The molecule has 6 nitrogen and oxygen atoms in total. The molecule has 0 bridgehead atoms. The number of aromatic amines is 2. The molecule has 2 aromatic carbocycles. The summed E-state index contributed by atoms with van der Waals surface area (Å²) in [4.78, 5) is 27.8. The molecule has 0 aliphatic rings. The van der Waals surface area contributed by atoms with Gasteiger partial charge in [0.2, 0.25) is 11.8 Å². The number of H-pyrrole nitrogens is 2. The van der Waals surface area contributed by atoms with E-state index in [1.807, 2.05) is 60.8 Å². The van der Waals surface area contributed by atoms with Gasteiger partial charge in [0.05, 0.1) is 5.69 Å². The van der Waals surface area contributed by atoms with Crippen molar-refractivity contribution in [3.63, 3.8) is 0 Å². The first kappa shape index (κ1) is 17.3. The lowest BCUT2D eigenvalue weighted by molar-refractivity contribution is -0.115. The van der Waals surface area contributed by atoms with E-state index in [2.05, 4.69) is 20.6 Å². The van der Waals surface area contributed by atoms with Gasteiger partial charge in [-0.25, -0.2) is 0 Å². The lowest BCUT2D eigenvalue weighted by Crippen LogP contribution is -2.05. The molecular weight excluding hydrogens is 328 g/mol. The topological polar surface area (TPSA) is 89.8 Å². The zero-order valence-electron chi connectivity index (χ0n) is 14.6. The van der Waals surface area contributed by atoms with Crippen LogP contribution in [-0.4, -0.2) is 21.8 Å². The molecular formula is C20H20N4O2. The van der Waals surface area contributed by atoms with Crippen molar-refractivity contribution in [3.8, 4) is 0 Å². The van der Waals surface area contributed by atoms with Gasteiger partial charge in [0.1, 0.15) is 5.82 Å². The summed E-state index contributed by atoms with van der Waals surface area (Å²) in [5.41, 5.74) is 2.92. The zero-order chi connectivity index (χ0) is 18.5. The van der Waals surface area contributed by atoms with E-state index in [1.165, 1.54) is 13.8 Å². The second-order valence-electron chi connectivity index (χ2n) is 5.88. The minimum atomic E-state index is -0.0634. The molecule has 0 aliphatic heterocycles. The van der Waals surface area contributed by atoms with Crippen LogP contribution in [0.4, 0.5) is 11.5 Å². The number of aromatic nitrogens is 2. The number of hydrogen-bond donors (Lipinski definition) is 4. The van der Waals surface area contributed by atoms with E-state index >= 15 is 0 Å². The van der Waals surface area contributed by atoms with E-state index in [9.17, 15) is 9.59 Å². The Bertz CT molecular complexity index is 1030. The highest BCUT2D eigenvalue weighted by atomic mass is 16.2. The van der Waals surface area contributed by atoms with Crippen molar-refractivity contribution in [2.24, 2.45) is 0 Å². The highest BCUT2D eigenvalue weighted by Crippen LogP contribution is 2.21. The minimum absolute atomic E-state index is 0.0475. The Labute approximate surface area is 150 Å². The molecule has 4 N–H and O–H groups in total. The van der Waals surface area contributed by atoms with Crippen LogP contribution in [-0.2, 0) is 9.59 Å². The summed E-state index contributed by atoms with van der Waals surface area (Å²) in [5.74, 6) is 0.633. The van der Waals surface area contributed by atoms with Crippen LogP contribution in [0.3, 0.4) is 0 Å². The summed E-state index contributed by atoms with van der Waals surface area (Å²) in [6.45, 7) is 3.00. The van der Waals surface area contributed by atoms with E-state index in [4.69, 9.17) is 0 Å². The predicted molar refractivity (Wildman–Crippen MR) is 105 cm³/mol. The summed E-state index contributed by atoms with van der Waals surface area (Å²) < 4.78 is 0. The van der Waals surface area contributed by atoms with Gasteiger partial charge in [-0.05, 0) is 30.3 Å². The van der Waals surface area contributed by atoms with Gasteiger partial charge < -0.3 is 20.6 Å². The third-order valence-electron chi connectivity index (χ3n) is 3.75. The number of para-hydroxylation sites is 1. The summed E-state index contributed by atoms with van der Waals surface area (Å²) >= 11 is 0. The molecule has 0 aliphatic carbocycles. The molecule has 6 heteroatoms. The van der Waals surface area contributed by atoms with Crippen molar-refractivity contribution in [3.05, 3.63) is 60.8 Å². The Morgan fingerprint density at radius 1 is 0.846 bits per heavy atom. The second kappa shape index (κ2) is 7.57. The minimum Gasteiger partial charge on any atom is -0.361 e. The van der Waals surface area contributed by atoms with Gasteiger partial charge in [-0.2, -0.15) is 0 Å². The van der Waals surface area contributed by atoms with Crippen LogP contribution in [0.25, 0.3) is 21.8 Å². The summed E-state index contributed by atoms with van der Waals surface area (Å²) in [6.07, 6.45) is 1.86. The zero-order valence-corrected chi connectivity index (χ0v) is 14.6. The van der Waals surface area contributed by atoms with Crippen LogP contribution >= 0.6 is 0 Å². The number of anilines is 2. The molecule has 0 radical (unpaired) electrons. The molecule has 0 saturated carbocycles. The third kappa shape index (κ3) is 4.10. The SMILES string of the molecule is CC(=O)Nc1cc2ccccc2[nH]1.CC(=O)Nc1cccc2[nH]ccc12. The maximum absolute atomic E-state index is 10.9. The maximum atomic E-state index is 10.9. The van der Waals surface area contributed by atoms with Gasteiger partial charge in [-0.15, -0.1) is 0 Å². The van der Waals surface area contributed by atoms with Gasteiger partial charge in [0, 0.05) is 41.9 Å². The molecule has 0 fully saturated rings. The normalized spacial score (nSPS) is 10.2. The summed E-state index contributed by atoms with van der Waals surface area (Å²) in [7, 11) is 0. The first-order valence-electron chi connectivity index (χ1n) is 8.22. The lowest BCUT2D eigenvalue weighted by Gasteiger charge is -2.02. The predicted octanol–water partition coefficient (Wildman–Crippen LogP) is 4.25. The Balaban J connectivity index is 0.000000151. The van der Waals surface area contributed by atoms with Gasteiger partial charge in [0.15, 0.2) is 0 Å². The van der Waals surface area contributed by atoms with Crippen molar-refractivity contribution >= 4 is 45.1 Å². The van der Waals surface area contributed by atoms with Gasteiger partial charge in [0.25, 0.3) is 0 Å². The van der Waals surface area contributed by atoms with Gasteiger partial charge in [-0.1, -0.05) is 24.3 Å². The molecule has 4 rings (SSSR count).